The van der Waals surface area contributed by atoms with E-state index in [1.165, 1.54) is 31.6 Å². The number of benzene rings is 1. The number of hydrogen-bond acceptors (Lipinski definition) is 6. The minimum atomic E-state index is -0.508. The van der Waals surface area contributed by atoms with E-state index in [0.29, 0.717) is 26.9 Å². The number of anilines is 1. The average Bonchev–Trinajstić information content (AvgIpc) is 2.92. The molecule has 1 amide bonds. The second kappa shape index (κ2) is 9.01. The second-order valence-electron chi connectivity index (χ2n) is 5.79. The van der Waals surface area contributed by atoms with E-state index in [4.69, 9.17) is 21.1 Å². The standard InChI is InChI=1S/C19H20ClNO5S/c1-10-11(2)27-18(17(10)19(24)26-4)21-16(23)8-6-14(22)13-9-12(20)5-7-15(13)25-3/h5,7,9H,6,8H2,1-4H3,(H,21,23). The zero-order valence-electron chi connectivity index (χ0n) is 15.5. The van der Waals surface area contributed by atoms with Gasteiger partial charge in [-0.3, -0.25) is 9.59 Å². The number of esters is 1. The lowest BCUT2D eigenvalue weighted by Gasteiger charge is -2.09. The molecule has 1 aromatic carbocycles. The third-order valence-electron chi connectivity index (χ3n) is 4.07. The number of carbonyl (C=O) groups is 3. The van der Waals surface area contributed by atoms with Crippen molar-refractivity contribution in [3.05, 3.63) is 44.8 Å². The first-order valence-corrected chi connectivity index (χ1v) is 9.32. The number of amides is 1. The minimum absolute atomic E-state index is 0.0145. The van der Waals surface area contributed by atoms with Gasteiger partial charge in [-0.1, -0.05) is 11.6 Å². The van der Waals surface area contributed by atoms with Gasteiger partial charge in [-0.2, -0.15) is 0 Å². The van der Waals surface area contributed by atoms with Crippen LogP contribution in [0.4, 0.5) is 5.00 Å². The van der Waals surface area contributed by atoms with Crippen LogP contribution in [0.3, 0.4) is 0 Å². The van der Waals surface area contributed by atoms with Gasteiger partial charge >= 0.3 is 5.97 Å². The molecule has 2 aromatic rings. The Balaban J connectivity index is 2.07. The van der Waals surface area contributed by atoms with Gasteiger partial charge in [-0.05, 0) is 37.6 Å². The third kappa shape index (κ3) is 4.87. The molecule has 0 atom stereocenters. The molecule has 2 rings (SSSR count). The maximum atomic E-state index is 12.4. The van der Waals surface area contributed by atoms with Crippen molar-refractivity contribution in [2.45, 2.75) is 26.7 Å². The Morgan fingerprint density at radius 2 is 1.85 bits per heavy atom. The Labute approximate surface area is 166 Å². The van der Waals surface area contributed by atoms with Gasteiger partial charge < -0.3 is 14.8 Å². The first-order valence-electron chi connectivity index (χ1n) is 8.13. The van der Waals surface area contributed by atoms with Gasteiger partial charge in [0.25, 0.3) is 0 Å². The van der Waals surface area contributed by atoms with Crippen LogP contribution in [0.25, 0.3) is 0 Å². The van der Waals surface area contributed by atoms with Crippen molar-refractivity contribution < 1.29 is 23.9 Å². The summed E-state index contributed by atoms with van der Waals surface area (Å²) < 4.78 is 9.95. The summed E-state index contributed by atoms with van der Waals surface area (Å²) in [5.41, 5.74) is 1.44. The van der Waals surface area contributed by atoms with Crippen molar-refractivity contribution in [1.82, 2.24) is 0 Å². The zero-order valence-corrected chi connectivity index (χ0v) is 17.0. The number of hydrogen-bond donors (Lipinski definition) is 1. The highest BCUT2D eigenvalue weighted by Crippen LogP contribution is 2.33. The van der Waals surface area contributed by atoms with Crippen LogP contribution < -0.4 is 10.1 Å². The molecule has 0 unspecified atom stereocenters. The predicted octanol–water partition coefficient (Wildman–Crippen LogP) is 4.42. The summed E-state index contributed by atoms with van der Waals surface area (Å²) in [5, 5.41) is 3.54. The zero-order chi connectivity index (χ0) is 20.1. The highest BCUT2D eigenvalue weighted by atomic mass is 35.5. The molecule has 0 radical (unpaired) electrons. The maximum absolute atomic E-state index is 12.4. The van der Waals surface area contributed by atoms with Crippen LogP contribution in [0.1, 0.15) is 44.0 Å². The number of nitrogens with one attached hydrogen (secondary N) is 1. The molecule has 0 aliphatic heterocycles. The smallest absolute Gasteiger partial charge is 0.341 e. The van der Waals surface area contributed by atoms with E-state index >= 15 is 0 Å². The molecule has 0 spiro atoms. The van der Waals surface area contributed by atoms with E-state index in [2.05, 4.69) is 5.32 Å². The van der Waals surface area contributed by atoms with Crippen molar-refractivity contribution in [2.24, 2.45) is 0 Å². The number of aryl methyl sites for hydroxylation is 1. The molecular formula is C19H20ClNO5S. The van der Waals surface area contributed by atoms with Gasteiger partial charge in [0.15, 0.2) is 5.78 Å². The van der Waals surface area contributed by atoms with Gasteiger partial charge in [-0.15, -0.1) is 11.3 Å². The highest BCUT2D eigenvalue weighted by Gasteiger charge is 2.22. The fraction of sp³-hybridized carbons (Fsp3) is 0.316. The molecule has 1 N–H and O–H groups in total. The number of halogens is 1. The molecule has 0 aliphatic rings. The van der Waals surface area contributed by atoms with Crippen molar-refractivity contribution in [3.8, 4) is 5.75 Å². The Morgan fingerprint density at radius 3 is 2.48 bits per heavy atom. The molecule has 1 aromatic heterocycles. The van der Waals surface area contributed by atoms with E-state index < -0.39 is 5.97 Å². The van der Waals surface area contributed by atoms with Gasteiger partial charge in [0.2, 0.25) is 5.91 Å². The summed E-state index contributed by atoms with van der Waals surface area (Å²) in [6.45, 7) is 3.65. The first-order chi connectivity index (χ1) is 12.8. The topological polar surface area (TPSA) is 81.7 Å². The molecule has 0 bridgehead atoms. The van der Waals surface area contributed by atoms with Crippen molar-refractivity contribution in [3.63, 3.8) is 0 Å². The third-order valence-corrected chi connectivity index (χ3v) is 5.43. The summed E-state index contributed by atoms with van der Waals surface area (Å²) in [5.74, 6) is -0.721. The summed E-state index contributed by atoms with van der Waals surface area (Å²) in [6, 6.07) is 4.75. The van der Waals surface area contributed by atoms with Crippen LogP contribution in [0.2, 0.25) is 5.02 Å². The van der Waals surface area contributed by atoms with E-state index in [1.54, 1.807) is 19.1 Å². The van der Waals surface area contributed by atoms with Crippen molar-refractivity contribution >= 4 is 45.6 Å². The van der Waals surface area contributed by atoms with E-state index in [-0.39, 0.29) is 24.5 Å². The first kappa shape index (κ1) is 20.9. The molecule has 0 saturated heterocycles. The molecule has 8 heteroatoms. The largest absolute Gasteiger partial charge is 0.496 e. The number of ether oxygens (including phenoxy) is 2. The number of carbonyl (C=O) groups excluding carboxylic acids is 3. The van der Waals surface area contributed by atoms with Gasteiger partial charge in [0, 0.05) is 22.7 Å². The average molecular weight is 410 g/mol. The quantitative estimate of drug-likeness (QED) is 0.540. The van der Waals surface area contributed by atoms with E-state index in [1.807, 2.05) is 6.92 Å². The van der Waals surface area contributed by atoms with Crippen LogP contribution in [-0.2, 0) is 9.53 Å². The van der Waals surface area contributed by atoms with Crippen LogP contribution in [-0.4, -0.2) is 31.9 Å². The molecule has 27 heavy (non-hydrogen) atoms. The monoisotopic (exact) mass is 409 g/mol. The van der Waals surface area contributed by atoms with Gasteiger partial charge in [-0.25, -0.2) is 4.79 Å². The highest BCUT2D eigenvalue weighted by molar-refractivity contribution is 7.16. The Hall–Kier alpha value is -2.38. The molecule has 1 heterocycles. The van der Waals surface area contributed by atoms with Crippen LogP contribution in [0.5, 0.6) is 5.75 Å². The van der Waals surface area contributed by atoms with Crippen LogP contribution in [0.15, 0.2) is 18.2 Å². The van der Waals surface area contributed by atoms with E-state index in [0.717, 1.165) is 10.4 Å². The minimum Gasteiger partial charge on any atom is -0.496 e. The Morgan fingerprint density at radius 1 is 1.15 bits per heavy atom. The maximum Gasteiger partial charge on any atom is 0.341 e. The van der Waals surface area contributed by atoms with Gasteiger partial charge in [0.1, 0.15) is 10.8 Å². The van der Waals surface area contributed by atoms with Crippen molar-refractivity contribution in [1.29, 1.82) is 0 Å². The number of methoxy groups -OCH3 is 2. The fourth-order valence-electron chi connectivity index (χ4n) is 2.51. The lowest BCUT2D eigenvalue weighted by molar-refractivity contribution is -0.116. The second-order valence-corrected chi connectivity index (χ2v) is 7.46. The number of Topliss-reactive ketones (excluding diaryl/α,β-unsaturated/α-hetero) is 1. The molecule has 0 saturated carbocycles. The normalized spacial score (nSPS) is 10.4. The Bertz CT molecular complexity index is 890. The number of thiophene rings is 1. The van der Waals surface area contributed by atoms with E-state index in [9.17, 15) is 14.4 Å². The van der Waals surface area contributed by atoms with Crippen LogP contribution in [0, 0.1) is 13.8 Å². The van der Waals surface area contributed by atoms with Gasteiger partial charge in [0.05, 0.1) is 25.3 Å². The SMILES string of the molecule is COC(=O)c1c(NC(=O)CCC(=O)c2cc(Cl)ccc2OC)sc(C)c1C. The van der Waals surface area contributed by atoms with Crippen molar-refractivity contribution in [2.75, 3.05) is 19.5 Å². The fourth-order valence-corrected chi connectivity index (χ4v) is 3.75. The molecular weight excluding hydrogens is 390 g/mol. The molecule has 0 aliphatic carbocycles. The summed E-state index contributed by atoms with van der Waals surface area (Å²) in [4.78, 5) is 37.6. The molecule has 144 valence electrons. The lowest BCUT2D eigenvalue weighted by atomic mass is 10.1. The molecule has 0 fully saturated rings. The van der Waals surface area contributed by atoms with Crippen LogP contribution >= 0.6 is 22.9 Å². The lowest BCUT2D eigenvalue weighted by Crippen LogP contribution is -2.15. The summed E-state index contributed by atoms with van der Waals surface area (Å²) in [6.07, 6.45) is -0.0511. The number of ketones is 1. The number of rotatable bonds is 7. The summed E-state index contributed by atoms with van der Waals surface area (Å²) >= 11 is 7.23. The Kier molecular flexibility index (Phi) is 6.98. The summed E-state index contributed by atoms with van der Waals surface area (Å²) in [7, 11) is 2.75. The predicted molar refractivity (Wildman–Crippen MR) is 105 cm³/mol. The molecule has 6 nitrogen and oxygen atoms in total.